The third-order valence-electron chi connectivity index (χ3n) is 3.60. The van der Waals surface area contributed by atoms with Crippen LogP contribution in [0.4, 0.5) is 11.4 Å². The van der Waals surface area contributed by atoms with Crippen molar-refractivity contribution >= 4 is 33.3 Å². The molecule has 0 radical (unpaired) electrons. The molecule has 0 aliphatic carbocycles. The predicted octanol–water partition coefficient (Wildman–Crippen LogP) is -0.837. The molecule has 150 valence electrons. The average molecular weight is 404 g/mol. The lowest BCUT2D eigenvalue weighted by atomic mass is 10.2. The number of aliphatic hydroxyl groups is 1. The average Bonchev–Trinajstić information content (AvgIpc) is 2.59. The maximum atomic E-state index is 12.8. The fraction of sp³-hybridized carbons (Fsp3) is 0.429. The smallest absolute Gasteiger partial charge is 0.394 e. The number of nitrogens with one attached hydrogen (secondary N) is 1. The lowest BCUT2D eigenvalue weighted by Crippen LogP contribution is -2.36. The second kappa shape index (κ2) is 9.36. The van der Waals surface area contributed by atoms with E-state index in [-0.39, 0.29) is 19.7 Å². The van der Waals surface area contributed by atoms with E-state index in [4.69, 9.17) is 10.2 Å². The number of anilines is 1. The zero-order chi connectivity index (χ0) is 20.8. The molecule has 0 unspecified atom stereocenters. The summed E-state index contributed by atoms with van der Waals surface area (Å²) < 4.78 is 26.5. The Morgan fingerprint density at radius 1 is 1.22 bits per heavy atom. The molecule has 0 aliphatic heterocycles. The summed E-state index contributed by atoms with van der Waals surface area (Å²) >= 11 is 0. The molecule has 12 nitrogen and oxygen atoms in total. The molecule has 0 spiro atoms. The first-order valence-electron chi connectivity index (χ1n) is 7.59. The number of rotatable bonds is 9. The van der Waals surface area contributed by atoms with Gasteiger partial charge in [-0.3, -0.25) is 14.9 Å². The number of aliphatic carboxylic acids is 1. The summed E-state index contributed by atoms with van der Waals surface area (Å²) in [5, 5.41) is 30.5. The van der Waals surface area contributed by atoms with E-state index in [1.807, 2.05) is 0 Å². The topological polar surface area (TPSA) is 170 Å². The van der Waals surface area contributed by atoms with Crippen LogP contribution in [0.1, 0.15) is 0 Å². The Bertz CT molecular complexity index is 826. The van der Waals surface area contributed by atoms with Crippen LogP contribution < -0.4 is 5.32 Å². The molecule has 0 bridgehead atoms. The van der Waals surface area contributed by atoms with Crippen LogP contribution >= 0.6 is 0 Å². The molecule has 0 atom stereocenters. The van der Waals surface area contributed by atoms with E-state index in [9.17, 15) is 28.1 Å². The van der Waals surface area contributed by atoms with Crippen LogP contribution in [0.5, 0.6) is 0 Å². The maximum Gasteiger partial charge on any atom is 0.394 e. The van der Waals surface area contributed by atoms with E-state index in [1.54, 1.807) is 17.3 Å². The Morgan fingerprint density at radius 3 is 2.37 bits per heavy atom. The van der Waals surface area contributed by atoms with Crippen molar-refractivity contribution in [2.75, 3.05) is 45.7 Å². The van der Waals surface area contributed by atoms with Gasteiger partial charge in [0.1, 0.15) is 10.6 Å². The number of nitro benzene ring substituents is 1. The summed E-state index contributed by atoms with van der Waals surface area (Å²) in [6.07, 6.45) is 0. The number of aliphatic hydroxyl groups excluding tert-OH is 1. The third-order valence-corrected chi connectivity index (χ3v) is 5.50. The van der Waals surface area contributed by atoms with E-state index < -0.39 is 43.1 Å². The number of likely N-dealkylation sites (N-methyl/N-ethyl adjacent to an activating group) is 2. The van der Waals surface area contributed by atoms with Crippen LogP contribution in [0.2, 0.25) is 0 Å². The molecule has 1 aromatic carbocycles. The zero-order valence-electron chi connectivity index (χ0n) is 14.7. The summed E-state index contributed by atoms with van der Waals surface area (Å²) in [7, 11) is -1.37. The molecule has 0 fully saturated rings. The number of para-hydroxylation sites is 1. The largest absolute Gasteiger partial charge is 0.474 e. The molecule has 0 aromatic heterocycles. The van der Waals surface area contributed by atoms with Gasteiger partial charge in [0.05, 0.1) is 11.5 Å². The highest BCUT2D eigenvalue weighted by Gasteiger charge is 2.31. The molecule has 13 heteroatoms. The number of carbonyl (C=O) groups is 2. The number of hydrogen-bond acceptors (Lipinski definition) is 8. The molecule has 3 N–H and O–H groups in total. The minimum atomic E-state index is -4.28. The molecule has 0 saturated heterocycles. The van der Waals surface area contributed by atoms with Crippen molar-refractivity contribution in [2.24, 2.45) is 0 Å². The van der Waals surface area contributed by atoms with Crippen molar-refractivity contribution in [2.45, 2.75) is 4.90 Å². The fourth-order valence-electron chi connectivity index (χ4n) is 2.06. The molecule has 0 heterocycles. The van der Waals surface area contributed by atoms with Crippen molar-refractivity contribution < 1.29 is 33.1 Å². The van der Waals surface area contributed by atoms with E-state index >= 15 is 0 Å². The number of hydrogen-bond donors (Lipinski definition) is 3. The third kappa shape index (κ3) is 5.68. The second-order valence-corrected chi connectivity index (χ2v) is 7.53. The van der Waals surface area contributed by atoms with E-state index in [2.05, 4.69) is 0 Å². The number of carboxylic acid groups (broad SMARTS) is 1. The Kier molecular flexibility index (Phi) is 7.78. The van der Waals surface area contributed by atoms with Gasteiger partial charge in [-0.2, -0.15) is 4.31 Å². The highest BCUT2D eigenvalue weighted by molar-refractivity contribution is 7.89. The number of amides is 1. The van der Waals surface area contributed by atoms with Gasteiger partial charge in [0, 0.05) is 32.7 Å². The van der Waals surface area contributed by atoms with Gasteiger partial charge in [0.15, 0.2) is 0 Å². The molecule has 1 amide bonds. The summed E-state index contributed by atoms with van der Waals surface area (Å²) in [6, 6.07) is 3.10. The molecular formula is C14H20N4O8S. The van der Waals surface area contributed by atoms with Crippen molar-refractivity contribution in [1.29, 1.82) is 0 Å². The van der Waals surface area contributed by atoms with Crippen LogP contribution in [0.25, 0.3) is 0 Å². The van der Waals surface area contributed by atoms with Gasteiger partial charge < -0.3 is 20.4 Å². The Balaban J connectivity index is 3.29. The molecule has 27 heavy (non-hydrogen) atoms. The van der Waals surface area contributed by atoms with Gasteiger partial charge in [-0.1, -0.05) is 6.07 Å². The summed E-state index contributed by atoms with van der Waals surface area (Å²) in [6.45, 7) is 0.476. The zero-order valence-corrected chi connectivity index (χ0v) is 15.5. The molecule has 1 aromatic rings. The lowest BCUT2D eigenvalue weighted by Gasteiger charge is -2.22. The predicted molar refractivity (Wildman–Crippen MR) is 93.8 cm³/mol. The normalized spacial score (nSPS) is 11.6. The Hall–Kier alpha value is -2.61. The van der Waals surface area contributed by atoms with E-state index in [0.717, 1.165) is 22.5 Å². The summed E-state index contributed by atoms with van der Waals surface area (Å²) in [4.78, 5) is 33.5. The molecule has 0 aliphatic rings. The number of carbonyl (C=O) groups excluding carboxylic acids is 1. The number of sulfonamides is 1. The first-order chi connectivity index (χ1) is 12.5. The summed E-state index contributed by atoms with van der Waals surface area (Å²) in [5.74, 6) is -3.53. The van der Waals surface area contributed by atoms with Crippen LogP contribution in [0, 0.1) is 10.1 Å². The maximum absolute atomic E-state index is 12.8. The van der Waals surface area contributed by atoms with Crippen LogP contribution in [0.3, 0.4) is 0 Å². The van der Waals surface area contributed by atoms with Gasteiger partial charge in [-0.15, -0.1) is 0 Å². The number of benzene rings is 1. The van der Waals surface area contributed by atoms with Gasteiger partial charge in [-0.05, 0) is 13.1 Å². The van der Waals surface area contributed by atoms with Gasteiger partial charge in [-0.25, -0.2) is 13.2 Å². The van der Waals surface area contributed by atoms with Crippen molar-refractivity contribution in [3.63, 3.8) is 0 Å². The standard InChI is InChI=1S/C14H20N4O8S/c1-16(8-9-19)6-7-17(2)27(25,26)11-5-3-4-10(18(23)24)12(11)15-13(20)14(21)22/h3-5,19H,6-9H2,1-2H3,(H,15,20)(H,21,22). The molecule has 0 saturated carbocycles. The van der Waals surface area contributed by atoms with Crippen LogP contribution in [0.15, 0.2) is 23.1 Å². The Morgan fingerprint density at radius 2 is 1.85 bits per heavy atom. The van der Waals surface area contributed by atoms with Crippen molar-refractivity contribution in [3.05, 3.63) is 28.3 Å². The quantitative estimate of drug-likeness (QED) is 0.270. The number of nitro groups is 1. The monoisotopic (exact) mass is 404 g/mol. The first kappa shape index (κ1) is 22.4. The minimum Gasteiger partial charge on any atom is -0.474 e. The van der Waals surface area contributed by atoms with Crippen molar-refractivity contribution in [3.8, 4) is 0 Å². The van der Waals surface area contributed by atoms with E-state index in [1.165, 1.54) is 7.05 Å². The van der Waals surface area contributed by atoms with Crippen LogP contribution in [-0.4, -0.2) is 85.0 Å². The first-order valence-corrected chi connectivity index (χ1v) is 9.03. The minimum absolute atomic E-state index is 0.00611. The molecule has 1 rings (SSSR count). The fourth-order valence-corrected chi connectivity index (χ4v) is 3.38. The lowest BCUT2D eigenvalue weighted by molar-refractivity contribution is -0.384. The van der Waals surface area contributed by atoms with Crippen LogP contribution in [-0.2, 0) is 19.6 Å². The SMILES string of the molecule is CN(CCO)CCN(C)S(=O)(=O)c1cccc([N+](=O)[O-])c1NC(=O)C(=O)O. The highest BCUT2D eigenvalue weighted by Crippen LogP contribution is 2.33. The second-order valence-electron chi connectivity index (χ2n) is 5.52. The van der Waals surface area contributed by atoms with Gasteiger partial charge >= 0.3 is 11.9 Å². The van der Waals surface area contributed by atoms with E-state index in [0.29, 0.717) is 6.54 Å². The molecular weight excluding hydrogens is 384 g/mol. The highest BCUT2D eigenvalue weighted by atomic mass is 32.2. The van der Waals surface area contributed by atoms with Crippen molar-refractivity contribution in [1.82, 2.24) is 9.21 Å². The summed E-state index contributed by atoms with van der Waals surface area (Å²) in [5.41, 5.74) is -1.47. The van der Waals surface area contributed by atoms with Gasteiger partial charge in [0.25, 0.3) is 5.69 Å². The van der Waals surface area contributed by atoms with Gasteiger partial charge in [0.2, 0.25) is 10.0 Å². The number of nitrogens with zero attached hydrogens (tertiary/aromatic N) is 3. The number of carboxylic acids is 1. The Labute approximate surface area is 155 Å².